The van der Waals surface area contributed by atoms with E-state index >= 15 is 0 Å². The largest absolute Gasteiger partial charge is 0.480 e. The van der Waals surface area contributed by atoms with E-state index in [1.165, 1.54) is 5.56 Å². The summed E-state index contributed by atoms with van der Waals surface area (Å²) in [6.07, 6.45) is -0.0706. The van der Waals surface area contributed by atoms with Gasteiger partial charge in [0.05, 0.1) is 11.6 Å². The highest BCUT2D eigenvalue weighted by atomic mass is 79.9. The molecular formula is C17H18BrN3O2. The topological polar surface area (TPSA) is 55.7 Å². The number of aryl methyl sites for hydroxylation is 1. The predicted molar refractivity (Wildman–Crippen MR) is 92.6 cm³/mol. The van der Waals surface area contributed by atoms with E-state index in [2.05, 4.69) is 57.6 Å². The second kappa shape index (κ2) is 6.68. The zero-order valence-electron chi connectivity index (χ0n) is 13.2. The number of hydrogen-bond acceptors (Lipinski definition) is 5. The number of aromatic nitrogens is 1. The van der Waals surface area contributed by atoms with Gasteiger partial charge in [0, 0.05) is 0 Å². The molecule has 1 aliphatic heterocycles. The smallest absolute Gasteiger partial charge is 0.228 e. The van der Waals surface area contributed by atoms with Crippen LogP contribution in [0.25, 0.3) is 0 Å². The monoisotopic (exact) mass is 375 g/mol. The fourth-order valence-corrected chi connectivity index (χ4v) is 2.79. The van der Waals surface area contributed by atoms with Gasteiger partial charge in [0.2, 0.25) is 5.88 Å². The normalized spacial score (nSPS) is 20.6. The van der Waals surface area contributed by atoms with Gasteiger partial charge in [-0.15, -0.1) is 0 Å². The van der Waals surface area contributed by atoms with Crippen LogP contribution >= 0.6 is 15.9 Å². The fraction of sp³-hybridized carbons (Fsp3) is 0.294. The Hall–Kier alpha value is -1.92. The Labute approximate surface area is 143 Å². The van der Waals surface area contributed by atoms with E-state index in [1.807, 2.05) is 19.1 Å². The summed E-state index contributed by atoms with van der Waals surface area (Å²) in [5.74, 6) is 1.11. The maximum atomic E-state index is 5.67. The molecule has 5 nitrogen and oxygen atoms in total. The van der Waals surface area contributed by atoms with Gasteiger partial charge in [-0.1, -0.05) is 29.8 Å². The summed E-state index contributed by atoms with van der Waals surface area (Å²) in [5, 5.41) is 0. The van der Waals surface area contributed by atoms with Crippen molar-refractivity contribution < 1.29 is 9.57 Å². The van der Waals surface area contributed by atoms with Gasteiger partial charge < -0.3 is 4.74 Å². The van der Waals surface area contributed by atoms with Gasteiger partial charge in [-0.05, 0) is 47.5 Å². The summed E-state index contributed by atoms with van der Waals surface area (Å²) >= 11 is 3.40. The minimum absolute atomic E-state index is 0.0706. The van der Waals surface area contributed by atoms with Crippen molar-refractivity contribution in [3.05, 3.63) is 57.7 Å². The number of hydroxylamine groups is 1. The molecule has 6 heteroatoms. The average Bonchev–Trinajstić information content (AvgIpc) is 2.57. The molecule has 0 bridgehead atoms. The molecule has 1 N–H and O–H groups in total. The lowest BCUT2D eigenvalue weighted by Crippen LogP contribution is -2.38. The van der Waals surface area contributed by atoms with Crippen LogP contribution in [0.4, 0.5) is 0 Å². The Morgan fingerprint density at radius 2 is 1.91 bits per heavy atom. The molecule has 0 radical (unpaired) electrons. The number of rotatable bonds is 3. The highest BCUT2D eigenvalue weighted by molar-refractivity contribution is 9.10. The molecule has 2 heterocycles. The zero-order chi connectivity index (χ0) is 16.4. The number of benzene rings is 1. The molecule has 1 aromatic heterocycles. The van der Waals surface area contributed by atoms with E-state index in [-0.39, 0.29) is 12.1 Å². The molecule has 0 fully saturated rings. The maximum Gasteiger partial charge on any atom is 0.228 e. The Kier molecular flexibility index (Phi) is 4.63. The molecule has 3 rings (SSSR count). The van der Waals surface area contributed by atoms with Crippen LogP contribution in [0, 0.1) is 6.92 Å². The molecule has 1 aliphatic rings. The van der Waals surface area contributed by atoms with Gasteiger partial charge in [0.25, 0.3) is 0 Å². The molecule has 0 saturated carbocycles. The van der Waals surface area contributed by atoms with Crippen LogP contribution < -0.4 is 10.2 Å². The summed E-state index contributed by atoms with van der Waals surface area (Å²) in [7, 11) is 1.58. The Balaban J connectivity index is 1.96. The third-order valence-electron chi connectivity index (χ3n) is 3.72. The fourth-order valence-electron chi connectivity index (χ4n) is 2.41. The molecule has 1 aromatic carbocycles. The first-order valence-electron chi connectivity index (χ1n) is 7.35. The molecule has 2 unspecified atom stereocenters. The van der Waals surface area contributed by atoms with Gasteiger partial charge in [-0.25, -0.2) is 10.5 Å². The number of pyridine rings is 1. The number of halogens is 1. The van der Waals surface area contributed by atoms with E-state index in [9.17, 15) is 0 Å². The molecule has 120 valence electrons. The summed E-state index contributed by atoms with van der Waals surface area (Å²) in [6.45, 7) is 4.06. The summed E-state index contributed by atoms with van der Waals surface area (Å²) in [4.78, 5) is 14.9. The van der Waals surface area contributed by atoms with Gasteiger partial charge in [0.1, 0.15) is 17.8 Å². The van der Waals surface area contributed by atoms with Crippen molar-refractivity contribution in [2.75, 3.05) is 7.11 Å². The molecule has 0 aliphatic carbocycles. The number of aliphatic imine (C=N–C) groups is 1. The minimum Gasteiger partial charge on any atom is -0.480 e. The van der Waals surface area contributed by atoms with Crippen LogP contribution in [0.5, 0.6) is 5.88 Å². The number of methoxy groups -OCH3 is 1. The molecule has 0 amide bonds. The van der Waals surface area contributed by atoms with Crippen LogP contribution in [0.2, 0.25) is 0 Å². The minimum atomic E-state index is -0.0803. The second-order valence-electron chi connectivity index (χ2n) is 5.45. The van der Waals surface area contributed by atoms with Crippen molar-refractivity contribution in [1.29, 1.82) is 0 Å². The van der Waals surface area contributed by atoms with Crippen molar-refractivity contribution in [3.63, 3.8) is 0 Å². The number of hydrogen-bond donors (Lipinski definition) is 1. The van der Waals surface area contributed by atoms with E-state index in [4.69, 9.17) is 14.6 Å². The molecule has 0 spiro atoms. The summed E-state index contributed by atoms with van der Waals surface area (Å²) in [6, 6.07) is 12.0. The standard InChI is InChI=1S/C17H18BrN3O2/c1-10-4-6-12(7-5-10)15-11(2)23-21-16(20-15)14-9-8-13(18)17(19-14)22-3/h4-9,11,15H,1-3H3,(H,20,21). The quantitative estimate of drug-likeness (QED) is 0.890. The lowest BCUT2D eigenvalue weighted by atomic mass is 10.0. The number of nitrogens with one attached hydrogen (secondary N) is 1. The van der Waals surface area contributed by atoms with Crippen LogP contribution in [0.15, 0.2) is 45.9 Å². The molecule has 23 heavy (non-hydrogen) atoms. The van der Waals surface area contributed by atoms with Gasteiger partial charge in [-0.2, -0.15) is 0 Å². The highest BCUT2D eigenvalue weighted by Gasteiger charge is 2.26. The van der Waals surface area contributed by atoms with Crippen molar-refractivity contribution >= 4 is 21.8 Å². The summed E-state index contributed by atoms with van der Waals surface area (Å²) in [5.41, 5.74) is 5.90. The van der Waals surface area contributed by atoms with E-state index in [1.54, 1.807) is 7.11 Å². The maximum absolute atomic E-state index is 5.67. The Morgan fingerprint density at radius 3 is 2.61 bits per heavy atom. The molecular weight excluding hydrogens is 358 g/mol. The van der Waals surface area contributed by atoms with Gasteiger partial charge in [0.15, 0.2) is 5.84 Å². The third-order valence-corrected chi connectivity index (χ3v) is 4.33. The van der Waals surface area contributed by atoms with E-state index in [0.717, 1.165) is 10.0 Å². The average molecular weight is 376 g/mol. The van der Waals surface area contributed by atoms with Crippen molar-refractivity contribution in [3.8, 4) is 5.88 Å². The SMILES string of the molecule is COc1nc(C2=NC(c3ccc(C)cc3)C(C)ON2)ccc1Br. The molecule has 0 saturated heterocycles. The van der Waals surface area contributed by atoms with Crippen molar-refractivity contribution in [2.24, 2.45) is 4.99 Å². The highest BCUT2D eigenvalue weighted by Crippen LogP contribution is 2.28. The predicted octanol–water partition coefficient (Wildman–Crippen LogP) is 3.57. The van der Waals surface area contributed by atoms with E-state index in [0.29, 0.717) is 17.4 Å². The Morgan fingerprint density at radius 1 is 1.17 bits per heavy atom. The number of nitrogens with zero attached hydrogens (tertiary/aromatic N) is 2. The Bertz CT molecular complexity index is 731. The van der Waals surface area contributed by atoms with E-state index < -0.39 is 0 Å². The number of ether oxygens (including phenoxy) is 1. The zero-order valence-corrected chi connectivity index (χ0v) is 14.8. The van der Waals surface area contributed by atoms with Crippen LogP contribution in [-0.4, -0.2) is 24.0 Å². The lowest BCUT2D eigenvalue weighted by Gasteiger charge is -2.28. The van der Waals surface area contributed by atoms with Crippen molar-refractivity contribution in [1.82, 2.24) is 10.5 Å². The van der Waals surface area contributed by atoms with Gasteiger partial charge in [-0.3, -0.25) is 9.83 Å². The summed E-state index contributed by atoms with van der Waals surface area (Å²) < 4.78 is 6.04. The van der Waals surface area contributed by atoms with Crippen molar-refractivity contribution in [2.45, 2.75) is 26.0 Å². The van der Waals surface area contributed by atoms with Crippen LogP contribution in [-0.2, 0) is 4.84 Å². The molecule has 2 atom stereocenters. The first-order valence-corrected chi connectivity index (χ1v) is 8.14. The van der Waals surface area contributed by atoms with Crippen LogP contribution in [0.3, 0.4) is 0 Å². The first-order chi connectivity index (χ1) is 11.1. The second-order valence-corrected chi connectivity index (χ2v) is 6.30. The first kappa shape index (κ1) is 16.0. The number of amidine groups is 1. The lowest BCUT2D eigenvalue weighted by molar-refractivity contribution is -0.00478. The molecule has 2 aromatic rings. The third kappa shape index (κ3) is 3.38. The van der Waals surface area contributed by atoms with Gasteiger partial charge >= 0.3 is 0 Å². The van der Waals surface area contributed by atoms with Crippen LogP contribution in [0.1, 0.15) is 29.8 Å².